The molecule has 2 unspecified atom stereocenters. The zero-order valence-corrected chi connectivity index (χ0v) is 11.1. The van der Waals surface area contributed by atoms with Gasteiger partial charge in [-0.25, -0.2) is 0 Å². The minimum absolute atomic E-state index is 0.0618. The standard InChI is InChI=1S/C11H22NO3P/c1-3-5-7-11(4-2)10-15-16(13,14)9-6-8-12/h11H,3-7,9-10H2,1-2H3,(H,13,14). The van der Waals surface area contributed by atoms with Gasteiger partial charge in [-0.3, -0.25) is 4.57 Å². The highest BCUT2D eigenvalue weighted by molar-refractivity contribution is 7.52. The van der Waals surface area contributed by atoms with Crippen LogP contribution in [0.3, 0.4) is 0 Å². The molecule has 0 saturated heterocycles. The molecule has 0 aromatic heterocycles. The number of hydrogen-bond donors (Lipinski definition) is 1. The van der Waals surface area contributed by atoms with Crippen molar-refractivity contribution < 1.29 is 14.0 Å². The lowest BCUT2D eigenvalue weighted by atomic mass is 10.0. The summed E-state index contributed by atoms with van der Waals surface area (Å²) >= 11 is 0. The fraction of sp³-hybridized carbons (Fsp3) is 0.909. The molecule has 0 rings (SSSR count). The molecule has 0 fully saturated rings. The maximum atomic E-state index is 11.4. The Morgan fingerprint density at radius 1 is 1.50 bits per heavy atom. The van der Waals surface area contributed by atoms with Crippen molar-refractivity contribution in [2.24, 2.45) is 5.92 Å². The van der Waals surface area contributed by atoms with Crippen LogP contribution in [0.2, 0.25) is 0 Å². The molecule has 0 aliphatic rings. The summed E-state index contributed by atoms with van der Waals surface area (Å²) in [4.78, 5) is 9.40. The van der Waals surface area contributed by atoms with Gasteiger partial charge in [0.15, 0.2) is 0 Å². The quantitative estimate of drug-likeness (QED) is 0.634. The summed E-state index contributed by atoms with van der Waals surface area (Å²) in [5.41, 5.74) is 0. The number of nitriles is 1. The number of nitrogens with zero attached hydrogens (tertiary/aromatic N) is 1. The molecule has 0 aromatic rings. The lowest BCUT2D eigenvalue weighted by Gasteiger charge is -2.17. The monoisotopic (exact) mass is 247 g/mol. The van der Waals surface area contributed by atoms with E-state index in [0.29, 0.717) is 12.5 Å². The van der Waals surface area contributed by atoms with E-state index in [1.807, 2.05) is 6.07 Å². The van der Waals surface area contributed by atoms with Gasteiger partial charge in [0.05, 0.1) is 18.8 Å². The first-order valence-corrected chi connectivity index (χ1v) is 7.65. The molecule has 0 heterocycles. The Morgan fingerprint density at radius 3 is 2.69 bits per heavy atom. The lowest BCUT2D eigenvalue weighted by molar-refractivity contribution is 0.204. The van der Waals surface area contributed by atoms with Gasteiger partial charge in [0, 0.05) is 6.42 Å². The zero-order valence-electron chi connectivity index (χ0n) is 10.2. The summed E-state index contributed by atoms with van der Waals surface area (Å²) in [7, 11) is -3.53. The van der Waals surface area contributed by atoms with Gasteiger partial charge in [0.2, 0.25) is 0 Å². The average Bonchev–Trinajstić information content (AvgIpc) is 2.27. The number of hydrogen-bond acceptors (Lipinski definition) is 3. The molecule has 0 amide bonds. The second kappa shape index (κ2) is 8.75. The Labute approximate surface area is 98.2 Å². The molecule has 16 heavy (non-hydrogen) atoms. The van der Waals surface area contributed by atoms with E-state index in [1.54, 1.807) is 0 Å². The van der Waals surface area contributed by atoms with Crippen molar-refractivity contribution in [3.8, 4) is 6.07 Å². The third-order valence-electron chi connectivity index (χ3n) is 2.56. The van der Waals surface area contributed by atoms with E-state index in [0.717, 1.165) is 25.7 Å². The van der Waals surface area contributed by atoms with Crippen LogP contribution < -0.4 is 0 Å². The summed E-state index contributed by atoms with van der Waals surface area (Å²) in [5, 5.41) is 8.33. The molecule has 0 saturated carbocycles. The van der Waals surface area contributed by atoms with Crippen LogP contribution in [0.1, 0.15) is 46.0 Å². The predicted octanol–water partition coefficient (Wildman–Crippen LogP) is 3.32. The molecular formula is C11H22NO3P. The van der Waals surface area contributed by atoms with Gasteiger partial charge in [0.1, 0.15) is 0 Å². The second-order valence-corrected chi connectivity index (χ2v) is 5.96. The molecule has 0 aliphatic carbocycles. The van der Waals surface area contributed by atoms with Gasteiger partial charge in [-0.2, -0.15) is 5.26 Å². The van der Waals surface area contributed by atoms with Crippen LogP contribution in [0, 0.1) is 17.2 Å². The van der Waals surface area contributed by atoms with E-state index in [4.69, 9.17) is 9.79 Å². The van der Waals surface area contributed by atoms with Crippen molar-refractivity contribution in [2.45, 2.75) is 46.0 Å². The SMILES string of the molecule is CCCCC(CC)COP(=O)(O)CCC#N. The van der Waals surface area contributed by atoms with E-state index >= 15 is 0 Å². The maximum absolute atomic E-state index is 11.4. The minimum atomic E-state index is -3.53. The Bertz CT molecular complexity index is 262. The first-order valence-electron chi connectivity index (χ1n) is 5.89. The topological polar surface area (TPSA) is 70.3 Å². The molecule has 0 radical (unpaired) electrons. The smallest absolute Gasteiger partial charge is 0.324 e. The van der Waals surface area contributed by atoms with Gasteiger partial charge >= 0.3 is 7.60 Å². The van der Waals surface area contributed by atoms with Crippen molar-refractivity contribution in [1.29, 1.82) is 5.26 Å². The van der Waals surface area contributed by atoms with Crippen molar-refractivity contribution in [3.63, 3.8) is 0 Å². The van der Waals surface area contributed by atoms with Crippen LogP contribution in [0.15, 0.2) is 0 Å². The molecule has 0 spiro atoms. The molecule has 0 bridgehead atoms. The van der Waals surface area contributed by atoms with Crippen molar-refractivity contribution >= 4 is 7.60 Å². The lowest BCUT2D eigenvalue weighted by Crippen LogP contribution is -2.08. The highest BCUT2D eigenvalue weighted by Gasteiger charge is 2.20. The van der Waals surface area contributed by atoms with Crippen LogP contribution in [-0.4, -0.2) is 17.7 Å². The fourth-order valence-electron chi connectivity index (χ4n) is 1.38. The van der Waals surface area contributed by atoms with E-state index in [1.165, 1.54) is 0 Å². The number of unbranched alkanes of at least 4 members (excludes halogenated alkanes) is 1. The second-order valence-electron chi connectivity index (χ2n) is 3.98. The maximum Gasteiger partial charge on any atom is 0.329 e. The van der Waals surface area contributed by atoms with Gasteiger partial charge in [-0.15, -0.1) is 0 Å². The van der Waals surface area contributed by atoms with Crippen molar-refractivity contribution in [1.82, 2.24) is 0 Å². The third-order valence-corrected chi connectivity index (χ3v) is 3.90. The minimum Gasteiger partial charge on any atom is -0.324 e. The summed E-state index contributed by atoms with van der Waals surface area (Å²) < 4.78 is 16.5. The molecule has 2 atom stereocenters. The summed E-state index contributed by atoms with van der Waals surface area (Å²) in [5.74, 6) is 0.350. The average molecular weight is 247 g/mol. The molecule has 4 nitrogen and oxygen atoms in total. The van der Waals surface area contributed by atoms with E-state index in [2.05, 4.69) is 13.8 Å². The largest absolute Gasteiger partial charge is 0.329 e. The third kappa shape index (κ3) is 7.87. The summed E-state index contributed by atoms with van der Waals surface area (Å²) in [6.45, 7) is 4.51. The highest BCUT2D eigenvalue weighted by atomic mass is 31.2. The molecule has 0 aliphatic heterocycles. The zero-order chi connectivity index (χ0) is 12.4. The van der Waals surface area contributed by atoms with Crippen LogP contribution in [-0.2, 0) is 9.09 Å². The normalized spacial score (nSPS) is 16.4. The number of rotatable bonds is 9. The molecular weight excluding hydrogens is 225 g/mol. The highest BCUT2D eigenvalue weighted by Crippen LogP contribution is 2.43. The first kappa shape index (κ1) is 15.6. The van der Waals surface area contributed by atoms with Crippen LogP contribution in [0.25, 0.3) is 0 Å². The molecule has 1 N–H and O–H groups in total. The Morgan fingerprint density at radius 2 is 2.19 bits per heavy atom. The van der Waals surface area contributed by atoms with Crippen LogP contribution in [0.4, 0.5) is 0 Å². The van der Waals surface area contributed by atoms with E-state index < -0.39 is 7.60 Å². The van der Waals surface area contributed by atoms with Gasteiger partial charge in [-0.05, 0) is 12.3 Å². The van der Waals surface area contributed by atoms with Crippen molar-refractivity contribution in [3.05, 3.63) is 0 Å². The fourth-order valence-corrected chi connectivity index (χ4v) is 2.33. The summed E-state index contributed by atoms with van der Waals surface area (Å²) in [6, 6.07) is 1.85. The predicted molar refractivity (Wildman–Crippen MR) is 64.2 cm³/mol. The van der Waals surface area contributed by atoms with Gasteiger partial charge < -0.3 is 9.42 Å². The Hall–Kier alpha value is -0.360. The van der Waals surface area contributed by atoms with Gasteiger partial charge in [0.25, 0.3) is 0 Å². The molecule has 0 aromatic carbocycles. The Balaban J connectivity index is 3.90. The van der Waals surface area contributed by atoms with Crippen molar-refractivity contribution in [2.75, 3.05) is 12.8 Å². The van der Waals surface area contributed by atoms with Crippen LogP contribution >= 0.6 is 7.60 Å². The molecule has 5 heteroatoms. The van der Waals surface area contributed by atoms with E-state index in [-0.39, 0.29) is 12.6 Å². The summed E-state index contributed by atoms with van der Waals surface area (Å²) in [6.07, 6.45) is 4.24. The molecule has 94 valence electrons. The van der Waals surface area contributed by atoms with E-state index in [9.17, 15) is 9.46 Å². The first-order chi connectivity index (χ1) is 7.55. The van der Waals surface area contributed by atoms with Crippen LogP contribution in [0.5, 0.6) is 0 Å². The van der Waals surface area contributed by atoms with Gasteiger partial charge in [-0.1, -0.05) is 33.1 Å². The Kier molecular flexibility index (Phi) is 8.56.